The van der Waals surface area contributed by atoms with E-state index < -0.39 is 12.1 Å². The van der Waals surface area contributed by atoms with Gasteiger partial charge in [0.1, 0.15) is 11.5 Å². The van der Waals surface area contributed by atoms with Crippen LogP contribution in [0.3, 0.4) is 0 Å². The zero-order valence-corrected chi connectivity index (χ0v) is 15.3. The quantitative estimate of drug-likeness (QED) is 0.484. The fourth-order valence-electron chi connectivity index (χ4n) is 2.55. The first-order valence-corrected chi connectivity index (χ1v) is 8.41. The van der Waals surface area contributed by atoms with E-state index in [2.05, 4.69) is 4.98 Å². The number of rotatable bonds is 6. The zero-order valence-electron chi connectivity index (χ0n) is 15.3. The molecule has 0 aliphatic rings. The number of ether oxygens (including phenoxy) is 2. The molecular formula is C21H19NO5. The maximum Gasteiger partial charge on any atom is 0.361 e. The Morgan fingerprint density at radius 3 is 2.33 bits per heavy atom. The monoisotopic (exact) mass is 365 g/mol. The minimum absolute atomic E-state index is 0.0585. The van der Waals surface area contributed by atoms with E-state index in [9.17, 15) is 9.59 Å². The number of methoxy groups -OCH3 is 1. The second kappa shape index (κ2) is 7.86. The lowest BCUT2D eigenvalue weighted by Gasteiger charge is -2.11. The van der Waals surface area contributed by atoms with E-state index in [1.54, 1.807) is 38.3 Å². The number of Topliss-reactive ketones (excluding diaryl/α,β-unsaturated/α-hetero) is 1. The van der Waals surface area contributed by atoms with Crippen molar-refractivity contribution in [3.8, 4) is 17.2 Å². The van der Waals surface area contributed by atoms with Gasteiger partial charge in [0.25, 0.3) is 0 Å². The highest BCUT2D eigenvalue weighted by molar-refractivity contribution is 6.01. The van der Waals surface area contributed by atoms with Gasteiger partial charge in [-0.15, -0.1) is 0 Å². The summed E-state index contributed by atoms with van der Waals surface area (Å²) in [5.74, 6) is 0.295. The molecule has 138 valence electrons. The molecule has 1 atom stereocenters. The highest BCUT2D eigenvalue weighted by Gasteiger charge is 2.25. The number of ketones is 1. The van der Waals surface area contributed by atoms with Crippen molar-refractivity contribution < 1.29 is 23.5 Å². The van der Waals surface area contributed by atoms with Crippen LogP contribution >= 0.6 is 0 Å². The predicted octanol–water partition coefficient (Wildman–Crippen LogP) is 4.09. The van der Waals surface area contributed by atoms with Gasteiger partial charge in [-0.3, -0.25) is 4.79 Å². The second-order valence-electron chi connectivity index (χ2n) is 5.93. The van der Waals surface area contributed by atoms with E-state index in [1.807, 2.05) is 30.3 Å². The van der Waals surface area contributed by atoms with Crippen molar-refractivity contribution in [2.24, 2.45) is 0 Å². The van der Waals surface area contributed by atoms with Gasteiger partial charge in [-0.2, -0.15) is 0 Å². The summed E-state index contributed by atoms with van der Waals surface area (Å²) >= 11 is 0. The van der Waals surface area contributed by atoms with Crippen LogP contribution in [0.15, 0.2) is 59.0 Å². The average Bonchev–Trinajstić information content (AvgIpc) is 3.10. The van der Waals surface area contributed by atoms with Crippen LogP contribution < -0.4 is 4.74 Å². The molecule has 0 bridgehead atoms. The van der Waals surface area contributed by atoms with Crippen molar-refractivity contribution in [1.29, 1.82) is 0 Å². The molecule has 3 rings (SSSR count). The van der Waals surface area contributed by atoms with Crippen molar-refractivity contribution in [3.05, 3.63) is 71.6 Å². The molecule has 27 heavy (non-hydrogen) atoms. The minimum Gasteiger partial charge on any atom is -0.497 e. The van der Waals surface area contributed by atoms with Gasteiger partial charge >= 0.3 is 5.97 Å². The van der Waals surface area contributed by atoms with Gasteiger partial charge in [0.15, 0.2) is 11.8 Å². The smallest absolute Gasteiger partial charge is 0.361 e. The van der Waals surface area contributed by atoms with E-state index in [4.69, 9.17) is 13.9 Å². The summed E-state index contributed by atoms with van der Waals surface area (Å²) in [4.78, 5) is 29.1. The third kappa shape index (κ3) is 4.06. The fourth-order valence-corrected chi connectivity index (χ4v) is 2.55. The number of aromatic nitrogens is 1. The number of carbonyl (C=O) groups excluding carboxylic acids is 2. The third-order valence-electron chi connectivity index (χ3n) is 4.04. The Labute approximate surface area is 156 Å². The molecule has 0 unspecified atom stereocenters. The molecule has 0 saturated heterocycles. The van der Waals surface area contributed by atoms with Crippen LogP contribution in [0, 0.1) is 6.92 Å². The molecule has 0 amide bonds. The highest BCUT2D eigenvalue weighted by Crippen LogP contribution is 2.22. The number of carbonyl (C=O) groups is 2. The standard InChI is InChI=1S/C21H19NO5/c1-13-18(22-20(26-13)16-7-5-4-6-8-16)21(24)27-14(2)19(23)15-9-11-17(25-3)12-10-15/h4-12,14H,1-3H3/t14-/m1/s1. The minimum atomic E-state index is -0.956. The van der Waals surface area contributed by atoms with Crippen molar-refractivity contribution >= 4 is 11.8 Å². The predicted molar refractivity (Wildman–Crippen MR) is 98.9 cm³/mol. The zero-order chi connectivity index (χ0) is 19.4. The molecule has 1 aromatic heterocycles. The molecule has 0 radical (unpaired) electrons. The van der Waals surface area contributed by atoms with Crippen LogP contribution in [0.2, 0.25) is 0 Å². The number of benzene rings is 2. The van der Waals surface area contributed by atoms with Crippen LogP contribution in [0.25, 0.3) is 11.5 Å². The fraction of sp³-hybridized carbons (Fsp3) is 0.190. The first kappa shape index (κ1) is 18.4. The second-order valence-corrected chi connectivity index (χ2v) is 5.93. The Bertz CT molecular complexity index is 944. The van der Waals surface area contributed by atoms with E-state index in [0.29, 0.717) is 23.0 Å². The molecular weight excluding hydrogens is 346 g/mol. The van der Waals surface area contributed by atoms with Crippen LogP contribution in [-0.2, 0) is 4.74 Å². The highest BCUT2D eigenvalue weighted by atomic mass is 16.5. The summed E-state index contributed by atoms with van der Waals surface area (Å²) < 4.78 is 15.9. The SMILES string of the molecule is COc1ccc(C(=O)[C@@H](C)OC(=O)c2nc(-c3ccccc3)oc2C)cc1. The molecule has 0 aliphatic heterocycles. The lowest BCUT2D eigenvalue weighted by Crippen LogP contribution is -2.25. The Hall–Kier alpha value is -3.41. The van der Waals surface area contributed by atoms with Crippen LogP contribution in [0.5, 0.6) is 5.75 Å². The summed E-state index contributed by atoms with van der Waals surface area (Å²) in [5, 5.41) is 0. The van der Waals surface area contributed by atoms with E-state index in [-0.39, 0.29) is 11.5 Å². The number of hydrogen-bond acceptors (Lipinski definition) is 6. The lowest BCUT2D eigenvalue weighted by molar-refractivity contribution is 0.0312. The van der Waals surface area contributed by atoms with Gasteiger partial charge in [0.2, 0.25) is 11.7 Å². The summed E-state index contributed by atoms with van der Waals surface area (Å²) in [7, 11) is 1.55. The van der Waals surface area contributed by atoms with Crippen LogP contribution in [0.1, 0.15) is 33.5 Å². The normalized spacial score (nSPS) is 11.7. The van der Waals surface area contributed by atoms with Gasteiger partial charge in [-0.25, -0.2) is 9.78 Å². The number of nitrogens with zero attached hydrogens (tertiary/aromatic N) is 1. The van der Waals surface area contributed by atoms with Gasteiger partial charge in [-0.1, -0.05) is 18.2 Å². The molecule has 3 aromatic rings. The Kier molecular flexibility index (Phi) is 5.35. The molecule has 1 heterocycles. The molecule has 0 saturated carbocycles. The first-order valence-electron chi connectivity index (χ1n) is 8.41. The number of oxazole rings is 1. The van der Waals surface area contributed by atoms with E-state index in [0.717, 1.165) is 5.56 Å². The molecule has 0 N–H and O–H groups in total. The maximum absolute atomic E-state index is 12.5. The van der Waals surface area contributed by atoms with Gasteiger partial charge in [0.05, 0.1) is 7.11 Å². The third-order valence-corrected chi connectivity index (χ3v) is 4.04. The topological polar surface area (TPSA) is 78.6 Å². The van der Waals surface area contributed by atoms with Gasteiger partial charge in [-0.05, 0) is 50.2 Å². The molecule has 2 aromatic carbocycles. The summed E-state index contributed by atoms with van der Waals surface area (Å²) in [6, 6.07) is 15.8. The number of aryl methyl sites for hydroxylation is 1. The van der Waals surface area contributed by atoms with Crippen LogP contribution in [-0.4, -0.2) is 30.0 Å². The summed E-state index contributed by atoms with van der Waals surface area (Å²) in [5.41, 5.74) is 1.24. The summed E-state index contributed by atoms with van der Waals surface area (Å²) in [6.45, 7) is 3.16. The summed E-state index contributed by atoms with van der Waals surface area (Å²) in [6.07, 6.45) is -0.956. The van der Waals surface area contributed by atoms with E-state index in [1.165, 1.54) is 6.92 Å². The van der Waals surface area contributed by atoms with Gasteiger partial charge < -0.3 is 13.9 Å². The van der Waals surface area contributed by atoms with Crippen molar-refractivity contribution in [1.82, 2.24) is 4.98 Å². The lowest BCUT2D eigenvalue weighted by atomic mass is 10.1. The molecule has 6 heteroatoms. The van der Waals surface area contributed by atoms with Gasteiger partial charge in [0, 0.05) is 11.1 Å². The molecule has 6 nitrogen and oxygen atoms in total. The average molecular weight is 365 g/mol. The number of esters is 1. The largest absolute Gasteiger partial charge is 0.497 e. The Balaban J connectivity index is 1.72. The Morgan fingerprint density at radius 2 is 1.70 bits per heavy atom. The first-order chi connectivity index (χ1) is 13.0. The van der Waals surface area contributed by atoms with Crippen LogP contribution in [0.4, 0.5) is 0 Å². The van der Waals surface area contributed by atoms with Crippen molar-refractivity contribution in [2.45, 2.75) is 20.0 Å². The maximum atomic E-state index is 12.5. The van der Waals surface area contributed by atoms with E-state index >= 15 is 0 Å². The number of hydrogen-bond donors (Lipinski definition) is 0. The van der Waals surface area contributed by atoms with Crippen molar-refractivity contribution in [3.63, 3.8) is 0 Å². The molecule has 0 aliphatic carbocycles. The van der Waals surface area contributed by atoms with Crippen molar-refractivity contribution in [2.75, 3.05) is 7.11 Å². The molecule has 0 fully saturated rings. The Morgan fingerprint density at radius 1 is 1.04 bits per heavy atom. The molecule has 0 spiro atoms.